The number of piperidine rings is 1. The van der Waals surface area contributed by atoms with Crippen LogP contribution in [-0.2, 0) is 9.59 Å². The molecule has 0 unspecified atom stereocenters. The van der Waals surface area contributed by atoms with Gasteiger partial charge in [-0.1, -0.05) is 12.8 Å². The van der Waals surface area contributed by atoms with E-state index >= 15 is 0 Å². The summed E-state index contributed by atoms with van der Waals surface area (Å²) in [5, 5.41) is 3.11. The zero-order valence-electron chi connectivity index (χ0n) is 9.50. The van der Waals surface area contributed by atoms with E-state index in [0.29, 0.717) is 12.8 Å². The van der Waals surface area contributed by atoms with Gasteiger partial charge >= 0.3 is 0 Å². The Labute approximate surface area is 95.4 Å². The van der Waals surface area contributed by atoms with Gasteiger partial charge in [-0.3, -0.25) is 14.5 Å². The van der Waals surface area contributed by atoms with Crippen LogP contribution in [0.15, 0.2) is 0 Å². The van der Waals surface area contributed by atoms with Crippen LogP contribution in [0.1, 0.15) is 38.5 Å². The van der Waals surface area contributed by atoms with Crippen molar-refractivity contribution in [1.29, 1.82) is 0 Å². The van der Waals surface area contributed by atoms with Gasteiger partial charge in [0.2, 0.25) is 11.8 Å². The predicted molar refractivity (Wildman–Crippen MR) is 58.6 cm³/mol. The molecule has 0 atom stereocenters. The summed E-state index contributed by atoms with van der Waals surface area (Å²) in [4.78, 5) is 25.7. The van der Waals surface area contributed by atoms with E-state index in [1.54, 1.807) is 0 Å². The fraction of sp³-hybridized carbons (Fsp3) is 0.833. The average Bonchev–Trinajstić information content (AvgIpc) is 2.56. The van der Waals surface area contributed by atoms with Crippen LogP contribution in [0.2, 0.25) is 0 Å². The third-order valence-corrected chi connectivity index (χ3v) is 4.38. The highest BCUT2D eigenvalue weighted by Gasteiger charge is 2.47. The molecule has 0 aromatic carbocycles. The molecule has 16 heavy (non-hydrogen) atoms. The molecule has 0 aromatic heterocycles. The Morgan fingerprint density at radius 3 is 2.06 bits per heavy atom. The van der Waals surface area contributed by atoms with E-state index in [2.05, 4.69) is 5.32 Å². The minimum absolute atomic E-state index is 0.0435. The van der Waals surface area contributed by atoms with Crippen molar-refractivity contribution in [2.24, 2.45) is 5.41 Å². The summed E-state index contributed by atoms with van der Waals surface area (Å²) in [6.45, 7) is 1.56. The number of hydrogen-bond acceptors (Lipinski definition) is 3. The number of carbonyl (C=O) groups excluding carboxylic acids is 2. The highest BCUT2D eigenvalue weighted by molar-refractivity contribution is 5.99. The molecule has 0 aromatic rings. The van der Waals surface area contributed by atoms with Crippen LogP contribution in [0.4, 0.5) is 0 Å². The number of nitrogens with zero attached hydrogens (tertiary/aromatic N) is 1. The summed E-state index contributed by atoms with van der Waals surface area (Å²) in [6, 6.07) is 0.138. The Hall–Kier alpha value is -0.900. The van der Waals surface area contributed by atoms with Crippen LogP contribution < -0.4 is 5.32 Å². The third-order valence-electron chi connectivity index (χ3n) is 4.38. The summed E-state index contributed by atoms with van der Waals surface area (Å²) < 4.78 is 0. The van der Waals surface area contributed by atoms with Crippen molar-refractivity contribution < 1.29 is 9.59 Å². The molecule has 2 heterocycles. The minimum atomic E-state index is 0.0435. The first-order chi connectivity index (χ1) is 7.70. The molecule has 1 spiro atoms. The van der Waals surface area contributed by atoms with Crippen LogP contribution in [0.25, 0.3) is 0 Å². The van der Waals surface area contributed by atoms with Crippen LogP contribution in [0, 0.1) is 5.41 Å². The fourth-order valence-corrected chi connectivity index (χ4v) is 3.36. The van der Waals surface area contributed by atoms with Crippen LogP contribution in [0.5, 0.6) is 0 Å². The second kappa shape index (κ2) is 3.55. The van der Waals surface area contributed by atoms with Crippen molar-refractivity contribution in [2.45, 2.75) is 44.6 Å². The van der Waals surface area contributed by atoms with E-state index in [0.717, 1.165) is 25.9 Å². The Morgan fingerprint density at radius 2 is 1.62 bits per heavy atom. The second-order valence-electron chi connectivity index (χ2n) is 5.53. The van der Waals surface area contributed by atoms with Gasteiger partial charge in [-0.25, -0.2) is 0 Å². The van der Waals surface area contributed by atoms with E-state index in [-0.39, 0.29) is 23.3 Å². The third kappa shape index (κ3) is 1.47. The molecule has 0 bridgehead atoms. The summed E-state index contributed by atoms with van der Waals surface area (Å²) >= 11 is 0. The Bertz CT molecular complexity index is 310. The van der Waals surface area contributed by atoms with Gasteiger partial charge in [-0.15, -0.1) is 0 Å². The van der Waals surface area contributed by atoms with Gasteiger partial charge < -0.3 is 5.32 Å². The molecule has 2 aliphatic heterocycles. The lowest BCUT2D eigenvalue weighted by Gasteiger charge is -2.43. The lowest BCUT2D eigenvalue weighted by Crippen LogP contribution is -2.63. The smallest absolute Gasteiger partial charge is 0.230 e. The maximum absolute atomic E-state index is 12.1. The van der Waals surface area contributed by atoms with E-state index in [1.807, 2.05) is 0 Å². The van der Waals surface area contributed by atoms with Gasteiger partial charge in [0.05, 0.1) is 6.04 Å². The number of amides is 2. The van der Waals surface area contributed by atoms with Gasteiger partial charge in [0.1, 0.15) is 0 Å². The first-order valence-corrected chi connectivity index (χ1v) is 6.26. The lowest BCUT2D eigenvalue weighted by molar-refractivity contribution is -0.157. The van der Waals surface area contributed by atoms with Crippen molar-refractivity contribution in [2.75, 3.05) is 13.1 Å². The molecule has 1 N–H and O–H groups in total. The van der Waals surface area contributed by atoms with Crippen LogP contribution in [-0.4, -0.2) is 35.8 Å². The maximum Gasteiger partial charge on any atom is 0.230 e. The fourth-order valence-electron chi connectivity index (χ4n) is 3.36. The van der Waals surface area contributed by atoms with Gasteiger partial charge in [0, 0.05) is 25.9 Å². The summed E-state index contributed by atoms with van der Waals surface area (Å²) in [5.74, 6) is 0.148. The van der Waals surface area contributed by atoms with Crippen molar-refractivity contribution in [1.82, 2.24) is 10.2 Å². The molecule has 88 valence electrons. The van der Waals surface area contributed by atoms with E-state index < -0.39 is 0 Å². The number of hydrogen-bond donors (Lipinski definition) is 1. The monoisotopic (exact) mass is 222 g/mol. The standard InChI is InChI=1S/C12H18N2O2/c15-10-5-12(3-1-2-4-12)6-11(16)14(10)9-7-13-8-9/h9,13H,1-8H2. The molecule has 4 nitrogen and oxygen atoms in total. The van der Waals surface area contributed by atoms with Crippen molar-refractivity contribution in [3.8, 4) is 0 Å². The molecule has 1 aliphatic carbocycles. The van der Waals surface area contributed by atoms with Gasteiger partial charge in [0.15, 0.2) is 0 Å². The van der Waals surface area contributed by atoms with Crippen LogP contribution >= 0.6 is 0 Å². The first-order valence-electron chi connectivity index (χ1n) is 6.26. The van der Waals surface area contributed by atoms with Crippen LogP contribution in [0.3, 0.4) is 0 Å². The molecule has 2 amide bonds. The van der Waals surface area contributed by atoms with Crippen molar-refractivity contribution in [3.05, 3.63) is 0 Å². The average molecular weight is 222 g/mol. The topological polar surface area (TPSA) is 49.4 Å². The van der Waals surface area contributed by atoms with E-state index in [4.69, 9.17) is 0 Å². The lowest BCUT2D eigenvalue weighted by atomic mass is 9.76. The Morgan fingerprint density at radius 1 is 1.06 bits per heavy atom. The van der Waals surface area contributed by atoms with Gasteiger partial charge in [0.25, 0.3) is 0 Å². The number of carbonyl (C=O) groups is 2. The molecule has 3 rings (SSSR count). The van der Waals surface area contributed by atoms with Gasteiger partial charge in [-0.05, 0) is 18.3 Å². The quantitative estimate of drug-likeness (QED) is 0.663. The number of imide groups is 1. The SMILES string of the molecule is O=C1CC2(CCCC2)CC(=O)N1C1CNC1. The van der Waals surface area contributed by atoms with E-state index in [9.17, 15) is 9.59 Å². The Kier molecular flexibility index (Phi) is 2.28. The summed E-state index contributed by atoms with van der Waals surface area (Å²) in [6.07, 6.45) is 5.73. The highest BCUT2D eigenvalue weighted by atomic mass is 16.2. The first kappa shape index (κ1) is 10.3. The number of rotatable bonds is 1. The molecule has 3 fully saturated rings. The summed E-state index contributed by atoms with van der Waals surface area (Å²) in [5.41, 5.74) is 0.0435. The molecule has 2 saturated heterocycles. The largest absolute Gasteiger partial charge is 0.313 e. The summed E-state index contributed by atoms with van der Waals surface area (Å²) in [7, 11) is 0. The normalized spacial score (nSPS) is 29.9. The molecular weight excluding hydrogens is 204 g/mol. The predicted octanol–water partition coefficient (Wildman–Crippen LogP) is 0.668. The Balaban J connectivity index is 1.77. The highest BCUT2D eigenvalue weighted by Crippen LogP contribution is 2.47. The molecule has 0 radical (unpaired) electrons. The van der Waals surface area contributed by atoms with Gasteiger partial charge in [-0.2, -0.15) is 0 Å². The maximum atomic E-state index is 12.1. The van der Waals surface area contributed by atoms with Crippen molar-refractivity contribution in [3.63, 3.8) is 0 Å². The molecular formula is C12H18N2O2. The number of likely N-dealkylation sites (tertiary alicyclic amines) is 1. The minimum Gasteiger partial charge on any atom is -0.313 e. The molecule has 4 heteroatoms. The second-order valence-corrected chi connectivity index (χ2v) is 5.53. The zero-order chi connectivity index (χ0) is 11.2. The van der Waals surface area contributed by atoms with Crippen molar-refractivity contribution >= 4 is 11.8 Å². The number of nitrogens with one attached hydrogen (secondary N) is 1. The molecule has 1 saturated carbocycles. The zero-order valence-corrected chi connectivity index (χ0v) is 9.50. The van der Waals surface area contributed by atoms with E-state index in [1.165, 1.54) is 17.7 Å². The molecule has 3 aliphatic rings.